The Labute approximate surface area is 184 Å². The van der Waals surface area contributed by atoms with Gasteiger partial charge in [-0.15, -0.1) is 0 Å². The molecule has 0 aliphatic rings. The number of hydrogen-bond acceptors (Lipinski definition) is 4. The number of para-hydroxylation sites is 2. The summed E-state index contributed by atoms with van der Waals surface area (Å²) >= 11 is 0. The van der Waals surface area contributed by atoms with Crippen LogP contribution in [0.1, 0.15) is 11.4 Å². The zero-order valence-electron chi connectivity index (χ0n) is 16.0. The average molecular weight is 469 g/mol. The first-order valence-corrected chi connectivity index (χ1v) is 9.16. The van der Waals surface area contributed by atoms with Crippen LogP contribution in [0.5, 0.6) is 0 Å². The van der Waals surface area contributed by atoms with Crippen molar-refractivity contribution in [3.63, 3.8) is 0 Å². The van der Waals surface area contributed by atoms with Crippen molar-refractivity contribution in [1.82, 2.24) is 9.97 Å². The molecule has 2 N–H and O–H groups in total. The van der Waals surface area contributed by atoms with Gasteiger partial charge < -0.3 is 27.9 Å². The number of benzene rings is 1. The quantitative estimate of drug-likeness (QED) is 0.357. The van der Waals surface area contributed by atoms with Crippen LogP contribution in [0.4, 0.5) is 28.6 Å². The van der Waals surface area contributed by atoms with E-state index in [1.807, 2.05) is 48.8 Å². The van der Waals surface area contributed by atoms with Crippen molar-refractivity contribution in [2.75, 3.05) is 23.7 Å². The molecule has 0 amide bonds. The fourth-order valence-corrected chi connectivity index (χ4v) is 2.53. The first-order valence-electron chi connectivity index (χ1n) is 9.16. The van der Waals surface area contributed by atoms with Gasteiger partial charge in [0.25, 0.3) is 0 Å². The van der Waals surface area contributed by atoms with Crippen LogP contribution in [0.25, 0.3) is 0 Å². The van der Waals surface area contributed by atoms with Gasteiger partial charge in [0.1, 0.15) is 0 Å². The number of rotatable bonds is 8. The van der Waals surface area contributed by atoms with E-state index in [0.29, 0.717) is 0 Å². The average Bonchev–Trinajstić information content (AvgIpc) is 2.70. The Hall–Kier alpha value is -2.58. The fourth-order valence-electron chi connectivity index (χ4n) is 2.53. The monoisotopic (exact) mass is 468 g/mol. The molecule has 3 aromatic rings. The minimum atomic E-state index is -6.00. The van der Waals surface area contributed by atoms with Gasteiger partial charge in [0.15, 0.2) is 0 Å². The Bertz CT molecular complexity index is 768. The summed E-state index contributed by atoms with van der Waals surface area (Å²) in [7, 11) is -6.00. The molecule has 0 fully saturated rings. The van der Waals surface area contributed by atoms with Gasteiger partial charge in [0, 0.05) is 49.7 Å². The van der Waals surface area contributed by atoms with E-state index in [2.05, 4.69) is 44.9 Å². The summed E-state index contributed by atoms with van der Waals surface area (Å²) in [5.41, 5.74) is 4.44. The van der Waals surface area contributed by atoms with Crippen LogP contribution in [0, 0.1) is 0 Å². The second kappa shape index (κ2) is 13.6. The van der Waals surface area contributed by atoms with Crippen molar-refractivity contribution in [1.29, 1.82) is 0 Å². The SMILES string of the molecule is F[B-](F)(F)F.[Cu+].c1ccc(CCNc2ccccc2NCCc2ccccn2)nc1. The molecule has 0 spiro atoms. The van der Waals surface area contributed by atoms with E-state index in [4.69, 9.17) is 0 Å². The van der Waals surface area contributed by atoms with Crippen molar-refractivity contribution in [2.45, 2.75) is 12.8 Å². The van der Waals surface area contributed by atoms with Crippen molar-refractivity contribution in [2.24, 2.45) is 0 Å². The molecule has 30 heavy (non-hydrogen) atoms. The van der Waals surface area contributed by atoms with Crippen LogP contribution in [0.15, 0.2) is 73.1 Å². The molecule has 0 bridgehead atoms. The van der Waals surface area contributed by atoms with Crippen LogP contribution < -0.4 is 10.6 Å². The first kappa shape index (κ1) is 25.5. The summed E-state index contributed by atoms with van der Waals surface area (Å²) in [6, 6.07) is 20.3. The zero-order valence-corrected chi connectivity index (χ0v) is 17.0. The second-order valence-electron chi connectivity index (χ2n) is 6.04. The summed E-state index contributed by atoms with van der Waals surface area (Å²) in [6.45, 7) is 1.71. The third kappa shape index (κ3) is 11.4. The van der Waals surface area contributed by atoms with Crippen molar-refractivity contribution in [3.05, 3.63) is 84.4 Å². The number of nitrogens with one attached hydrogen (secondary N) is 2. The van der Waals surface area contributed by atoms with E-state index in [9.17, 15) is 17.3 Å². The predicted molar refractivity (Wildman–Crippen MR) is 109 cm³/mol. The minimum absolute atomic E-state index is 0. The van der Waals surface area contributed by atoms with E-state index in [-0.39, 0.29) is 17.1 Å². The van der Waals surface area contributed by atoms with Crippen LogP contribution in [0.3, 0.4) is 0 Å². The maximum Gasteiger partial charge on any atom is 1.00 e. The minimum Gasteiger partial charge on any atom is -0.418 e. The number of pyridine rings is 2. The van der Waals surface area contributed by atoms with Gasteiger partial charge in [-0.2, -0.15) is 0 Å². The van der Waals surface area contributed by atoms with Gasteiger partial charge in [0.05, 0.1) is 11.4 Å². The standard InChI is InChI=1S/C20H22N4.BF4.Cu/c1-2-10-20(24-16-12-18-8-4-6-14-22-18)19(9-1)23-15-11-17-7-3-5-13-21-17;2-1(3,4)5;/h1-10,13-14,23-24H,11-12,15-16H2;;/q;-1;+1. The molecule has 0 radical (unpaired) electrons. The Morgan fingerprint density at radius 3 is 1.33 bits per heavy atom. The maximum atomic E-state index is 9.75. The molecule has 2 heterocycles. The third-order valence-electron chi connectivity index (χ3n) is 3.77. The van der Waals surface area contributed by atoms with Crippen LogP contribution in [0.2, 0.25) is 0 Å². The Balaban J connectivity index is 0.000000674. The number of halogens is 4. The predicted octanol–water partition coefficient (Wildman–Crippen LogP) is 5.08. The fraction of sp³-hybridized carbons (Fsp3) is 0.200. The normalized spacial score (nSPS) is 10.3. The Morgan fingerprint density at radius 1 is 0.633 bits per heavy atom. The van der Waals surface area contributed by atoms with Crippen molar-refractivity contribution in [3.8, 4) is 0 Å². The van der Waals surface area contributed by atoms with Crippen LogP contribution in [-0.4, -0.2) is 30.3 Å². The number of hydrogen-bond donors (Lipinski definition) is 2. The Kier molecular flexibility index (Phi) is 11.6. The third-order valence-corrected chi connectivity index (χ3v) is 3.77. The van der Waals surface area contributed by atoms with E-state index < -0.39 is 7.25 Å². The van der Waals surface area contributed by atoms with Gasteiger partial charge in [-0.25, -0.2) is 0 Å². The summed E-state index contributed by atoms with van der Waals surface area (Å²) in [6.07, 6.45) is 5.48. The number of aromatic nitrogens is 2. The number of anilines is 2. The molecule has 10 heteroatoms. The van der Waals surface area contributed by atoms with Gasteiger partial charge in [-0.1, -0.05) is 24.3 Å². The summed E-state index contributed by atoms with van der Waals surface area (Å²) < 4.78 is 39.0. The van der Waals surface area contributed by atoms with E-state index in [1.54, 1.807) is 0 Å². The zero-order chi connectivity index (χ0) is 21.0. The van der Waals surface area contributed by atoms with Gasteiger partial charge in [0.2, 0.25) is 0 Å². The molecule has 0 unspecified atom stereocenters. The molecule has 2 aromatic heterocycles. The Morgan fingerprint density at radius 2 is 1.00 bits per heavy atom. The molecule has 1 aromatic carbocycles. The maximum absolute atomic E-state index is 9.75. The molecule has 4 nitrogen and oxygen atoms in total. The van der Waals surface area contributed by atoms with Gasteiger partial charge in [-0.05, 0) is 36.4 Å². The van der Waals surface area contributed by atoms with Crippen LogP contribution in [-0.2, 0) is 29.9 Å². The largest absolute Gasteiger partial charge is 1.00 e. The number of nitrogens with zero attached hydrogens (tertiary/aromatic N) is 2. The molecule has 3 rings (SSSR count). The molecule has 0 saturated heterocycles. The van der Waals surface area contributed by atoms with Crippen LogP contribution >= 0.6 is 0 Å². The molecule has 0 aliphatic heterocycles. The topological polar surface area (TPSA) is 49.8 Å². The second-order valence-corrected chi connectivity index (χ2v) is 6.04. The first-order chi connectivity index (χ1) is 13.9. The summed E-state index contributed by atoms with van der Waals surface area (Å²) in [5.74, 6) is 0. The molecular weight excluding hydrogens is 447 g/mol. The van der Waals surface area contributed by atoms with E-state index >= 15 is 0 Å². The van der Waals surface area contributed by atoms with E-state index in [1.165, 1.54) is 0 Å². The molecular formula is C20H22BCuF4N4. The van der Waals surface area contributed by atoms with Gasteiger partial charge in [-0.3, -0.25) is 9.97 Å². The van der Waals surface area contributed by atoms with Crippen molar-refractivity contribution >= 4 is 18.6 Å². The smallest absolute Gasteiger partial charge is 0.418 e. The molecule has 164 valence electrons. The summed E-state index contributed by atoms with van der Waals surface area (Å²) in [4.78, 5) is 8.71. The molecule has 0 atom stereocenters. The van der Waals surface area contributed by atoms with E-state index in [0.717, 1.165) is 48.7 Å². The van der Waals surface area contributed by atoms with Crippen molar-refractivity contribution < 1.29 is 34.3 Å². The van der Waals surface area contributed by atoms with Gasteiger partial charge >= 0.3 is 24.3 Å². The molecule has 0 aliphatic carbocycles. The molecule has 0 saturated carbocycles. The summed E-state index contributed by atoms with van der Waals surface area (Å²) in [5, 5.41) is 6.98.